The monoisotopic (exact) mass is 337 g/mol. The lowest BCUT2D eigenvalue weighted by molar-refractivity contribution is 0.0139. The van der Waals surface area contributed by atoms with Crippen molar-refractivity contribution in [3.8, 4) is 0 Å². The van der Waals surface area contributed by atoms with Gasteiger partial charge in [-0.05, 0) is 51.0 Å². The predicted octanol–water partition coefficient (Wildman–Crippen LogP) is 2.92. The highest BCUT2D eigenvalue weighted by molar-refractivity contribution is 7.80. The summed E-state index contributed by atoms with van der Waals surface area (Å²) in [6.45, 7) is 11.5. The number of amides is 1. The fourth-order valence-electron chi connectivity index (χ4n) is 2.55. The summed E-state index contributed by atoms with van der Waals surface area (Å²) in [7, 11) is 0. The van der Waals surface area contributed by atoms with Crippen LogP contribution in [0.3, 0.4) is 0 Å². The van der Waals surface area contributed by atoms with Crippen molar-refractivity contribution >= 4 is 24.4 Å². The summed E-state index contributed by atoms with van der Waals surface area (Å²) in [5.74, 6) is 0. The Balaban J connectivity index is 1.89. The average Bonchev–Trinajstić information content (AvgIpc) is 2.43. The normalized spacial score (nSPS) is 16.5. The van der Waals surface area contributed by atoms with E-state index < -0.39 is 5.60 Å². The molecule has 2 N–H and O–H groups in total. The molecule has 0 saturated carbocycles. The first-order valence-corrected chi connectivity index (χ1v) is 8.38. The van der Waals surface area contributed by atoms with Gasteiger partial charge in [-0.1, -0.05) is 0 Å². The Morgan fingerprint density at radius 1 is 1.26 bits per heavy atom. The molecule has 0 aromatic heterocycles. The van der Waals surface area contributed by atoms with Crippen molar-refractivity contribution in [2.24, 2.45) is 0 Å². The van der Waals surface area contributed by atoms with Crippen LogP contribution in [-0.4, -0.2) is 47.7 Å². The maximum absolute atomic E-state index is 12.1. The van der Waals surface area contributed by atoms with Crippen LogP contribution in [0.5, 0.6) is 0 Å². The van der Waals surface area contributed by atoms with E-state index in [4.69, 9.17) is 10.5 Å². The molecule has 0 aliphatic carbocycles. The van der Waals surface area contributed by atoms with E-state index in [0.717, 1.165) is 41.3 Å². The SMILES string of the molecule is Cc1c(N)cc(CN2CCN(C(=O)OC(C)(C)C)CC2)cc1S. The summed E-state index contributed by atoms with van der Waals surface area (Å²) in [4.78, 5) is 17.1. The number of carbonyl (C=O) groups is 1. The molecule has 0 atom stereocenters. The molecule has 1 aliphatic heterocycles. The molecule has 1 amide bonds. The van der Waals surface area contributed by atoms with Crippen LogP contribution in [0.2, 0.25) is 0 Å². The number of hydrogen-bond acceptors (Lipinski definition) is 5. The highest BCUT2D eigenvalue weighted by Crippen LogP contribution is 2.23. The number of hydrogen-bond donors (Lipinski definition) is 2. The van der Waals surface area contributed by atoms with Crippen molar-refractivity contribution in [1.29, 1.82) is 0 Å². The molecule has 128 valence electrons. The Labute approximate surface area is 144 Å². The van der Waals surface area contributed by atoms with Gasteiger partial charge in [-0.15, -0.1) is 12.6 Å². The summed E-state index contributed by atoms with van der Waals surface area (Å²) in [5, 5.41) is 0. The molecule has 5 nitrogen and oxygen atoms in total. The Morgan fingerprint density at radius 3 is 2.39 bits per heavy atom. The molecule has 0 bridgehead atoms. The molecule has 23 heavy (non-hydrogen) atoms. The summed E-state index contributed by atoms with van der Waals surface area (Å²) in [6, 6.07) is 4.07. The van der Waals surface area contributed by atoms with Crippen molar-refractivity contribution < 1.29 is 9.53 Å². The summed E-state index contributed by atoms with van der Waals surface area (Å²) >= 11 is 4.47. The van der Waals surface area contributed by atoms with Gasteiger partial charge in [0.25, 0.3) is 0 Å². The van der Waals surface area contributed by atoms with Crippen LogP contribution in [0, 0.1) is 6.92 Å². The minimum Gasteiger partial charge on any atom is -0.444 e. The van der Waals surface area contributed by atoms with Crippen molar-refractivity contribution in [3.05, 3.63) is 23.3 Å². The fourth-order valence-corrected chi connectivity index (χ4v) is 2.84. The second-order valence-corrected chi connectivity index (χ2v) is 7.55. The number of nitrogens with two attached hydrogens (primary N) is 1. The van der Waals surface area contributed by atoms with Gasteiger partial charge in [-0.25, -0.2) is 4.79 Å². The zero-order valence-electron chi connectivity index (χ0n) is 14.4. The van der Waals surface area contributed by atoms with Crippen LogP contribution in [-0.2, 0) is 11.3 Å². The average molecular weight is 337 g/mol. The Bertz CT molecular complexity index is 553. The first-order chi connectivity index (χ1) is 10.7. The van der Waals surface area contributed by atoms with E-state index in [1.807, 2.05) is 33.8 Å². The molecule has 0 unspecified atom stereocenters. The van der Waals surface area contributed by atoms with Gasteiger partial charge >= 0.3 is 6.09 Å². The van der Waals surface area contributed by atoms with Gasteiger partial charge < -0.3 is 15.4 Å². The number of carbonyl (C=O) groups excluding carboxylic acids is 1. The van der Waals surface area contributed by atoms with Crippen LogP contribution in [0.25, 0.3) is 0 Å². The van der Waals surface area contributed by atoms with Gasteiger partial charge in [-0.3, -0.25) is 4.90 Å². The van der Waals surface area contributed by atoms with Crippen LogP contribution >= 0.6 is 12.6 Å². The lowest BCUT2D eigenvalue weighted by Gasteiger charge is -2.35. The zero-order valence-corrected chi connectivity index (χ0v) is 15.3. The molecule has 1 aliphatic rings. The third kappa shape index (κ3) is 5.04. The van der Waals surface area contributed by atoms with Crippen LogP contribution < -0.4 is 5.73 Å². The van der Waals surface area contributed by atoms with Gasteiger partial charge in [0.05, 0.1) is 0 Å². The first-order valence-electron chi connectivity index (χ1n) is 7.94. The van der Waals surface area contributed by atoms with Crippen molar-refractivity contribution in [2.45, 2.75) is 44.7 Å². The highest BCUT2D eigenvalue weighted by atomic mass is 32.1. The lowest BCUT2D eigenvalue weighted by atomic mass is 10.1. The van der Waals surface area contributed by atoms with Gasteiger partial charge in [0, 0.05) is 43.3 Å². The molecule has 1 fully saturated rings. The second kappa shape index (κ2) is 7.01. The van der Waals surface area contributed by atoms with Gasteiger partial charge in [0.2, 0.25) is 0 Å². The van der Waals surface area contributed by atoms with Crippen molar-refractivity contribution in [3.63, 3.8) is 0 Å². The van der Waals surface area contributed by atoms with E-state index in [1.165, 1.54) is 0 Å². The predicted molar refractivity (Wildman–Crippen MR) is 95.9 cm³/mol. The number of ether oxygens (including phenoxy) is 1. The third-order valence-electron chi connectivity index (χ3n) is 3.91. The summed E-state index contributed by atoms with van der Waals surface area (Å²) < 4.78 is 5.42. The van der Waals surface area contributed by atoms with Crippen LogP contribution in [0.4, 0.5) is 10.5 Å². The summed E-state index contributed by atoms with van der Waals surface area (Å²) in [6.07, 6.45) is -0.227. The van der Waals surface area contributed by atoms with Gasteiger partial charge in [-0.2, -0.15) is 0 Å². The quantitative estimate of drug-likeness (QED) is 0.643. The van der Waals surface area contributed by atoms with Crippen LogP contribution in [0.1, 0.15) is 31.9 Å². The third-order valence-corrected chi connectivity index (χ3v) is 4.37. The van der Waals surface area contributed by atoms with Gasteiger partial charge in [0.15, 0.2) is 0 Å². The number of nitrogen functional groups attached to an aromatic ring is 1. The van der Waals surface area contributed by atoms with Crippen molar-refractivity contribution in [2.75, 3.05) is 31.9 Å². The van der Waals surface area contributed by atoms with Crippen molar-refractivity contribution in [1.82, 2.24) is 9.80 Å². The Kier molecular flexibility index (Phi) is 5.47. The largest absolute Gasteiger partial charge is 0.444 e. The molecular weight excluding hydrogens is 310 g/mol. The van der Waals surface area contributed by atoms with E-state index in [-0.39, 0.29) is 6.09 Å². The number of thiol groups is 1. The molecule has 1 saturated heterocycles. The van der Waals surface area contributed by atoms with E-state index in [0.29, 0.717) is 13.1 Å². The minimum absolute atomic E-state index is 0.227. The number of benzene rings is 1. The lowest BCUT2D eigenvalue weighted by Crippen LogP contribution is -2.49. The van der Waals surface area contributed by atoms with E-state index in [1.54, 1.807) is 4.90 Å². The molecular formula is C17H27N3O2S. The standard InChI is InChI=1S/C17H27N3O2S/c1-12-14(18)9-13(10-15(12)23)11-19-5-7-20(8-6-19)16(21)22-17(2,3)4/h9-10,23H,5-8,11,18H2,1-4H3. The molecule has 1 heterocycles. The fraction of sp³-hybridized carbons (Fsp3) is 0.588. The number of rotatable bonds is 2. The minimum atomic E-state index is -0.448. The zero-order chi connectivity index (χ0) is 17.2. The smallest absolute Gasteiger partial charge is 0.410 e. The molecule has 0 spiro atoms. The molecule has 6 heteroatoms. The maximum atomic E-state index is 12.1. The first kappa shape index (κ1) is 17.9. The molecule has 1 aromatic rings. The molecule has 1 aromatic carbocycles. The Morgan fingerprint density at radius 2 is 1.87 bits per heavy atom. The van der Waals surface area contributed by atoms with Crippen LogP contribution in [0.15, 0.2) is 17.0 Å². The highest BCUT2D eigenvalue weighted by Gasteiger charge is 2.25. The molecule has 0 radical (unpaired) electrons. The number of nitrogens with zero attached hydrogens (tertiary/aromatic N) is 2. The summed E-state index contributed by atoms with van der Waals surface area (Å²) in [5.41, 5.74) is 8.52. The van der Waals surface area contributed by atoms with E-state index in [9.17, 15) is 4.79 Å². The van der Waals surface area contributed by atoms with E-state index >= 15 is 0 Å². The number of anilines is 1. The maximum Gasteiger partial charge on any atom is 0.410 e. The van der Waals surface area contributed by atoms with E-state index in [2.05, 4.69) is 23.6 Å². The second-order valence-electron chi connectivity index (χ2n) is 7.07. The topological polar surface area (TPSA) is 58.8 Å². The Hall–Kier alpha value is -1.40. The van der Waals surface area contributed by atoms with Gasteiger partial charge in [0.1, 0.15) is 5.60 Å². The molecule has 2 rings (SSSR count). The number of piperazine rings is 1.